The number of methoxy groups -OCH3 is 1. The van der Waals surface area contributed by atoms with Crippen molar-refractivity contribution < 1.29 is 4.74 Å². The molecule has 0 spiro atoms. The molecule has 84 valence electrons. The van der Waals surface area contributed by atoms with Crippen molar-refractivity contribution >= 4 is 22.0 Å². The molecule has 0 aliphatic carbocycles. The quantitative estimate of drug-likeness (QED) is 0.756. The van der Waals surface area contributed by atoms with Gasteiger partial charge in [-0.2, -0.15) is 10.5 Å². The number of thiophene rings is 1. The number of rotatable bonds is 5. The molecule has 1 rings (SSSR count). The molecule has 6 heteroatoms. The minimum Gasteiger partial charge on any atom is -0.396 e. The van der Waals surface area contributed by atoms with Crippen molar-refractivity contribution in [2.75, 3.05) is 31.3 Å². The van der Waals surface area contributed by atoms with E-state index in [0.717, 1.165) is 6.42 Å². The number of nitrogens with zero attached hydrogens (tertiary/aromatic N) is 2. The summed E-state index contributed by atoms with van der Waals surface area (Å²) >= 11 is 1.21. The van der Waals surface area contributed by atoms with Crippen LogP contribution in [0.25, 0.3) is 0 Å². The SMILES string of the molecule is COCCCNc1sc(C#N)c(N)c1C#N. The summed E-state index contributed by atoms with van der Waals surface area (Å²) < 4.78 is 4.91. The first-order chi connectivity index (χ1) is 7.74. The third-order valence-corrected chi connectivity index (χ3v) is 3.04. The van der Waals surface area contributed by atoms with Gasteiger partial charge in [0.25, 0.3) is 0 Å². The number of anilines is 2. The van der Waals surface area contributed by atoms with Crippen molar-refractivity contribution in [1.82, 2.24) is 0 Å². The fraction of sp³-hybridized carbons (Fsp3) is 0.400. The molecule has 0 aliphatic heterocycles. The Kier molecular flexibility index (Phi) is 4.59. The number of hydrogen-bond donors (Lipinski definition) is 2. The second-order valence-electron chi connectivity index (χ2n) is 3.05. The molecule has 0 atom stereocenters. The van der Waals surface area contributed by atoms with Gasteiger partial charge in [-0.3, -0.25) is 0 Å². The van der Waals surface area contributed by atoms with Crippen molar-refractivity contribution in [1.29, 1.82) is 10.5 Å². The molecule has 1 aromatic heterocycles. The lowest BCUT2D eigenvalue weighted by Crippen LogP contribution is -2.04. The van der Waals surface area contributed by atoms with Crippen LogP contribution < -0.4 is 11.1 Å². The highest BCUT2D eigenvalue weighted by Crippen LogP contribution is 2.34. The van der Waals surface area contributed by atoms with E-state index >= 15 is 0 Å². The van der Waals surface area contributed by atoms with E-state index in [4.69, 9.17) is 21.0 Å². The molecule has 16 heavy (non-hydrogen) atoms. The van der Waals surface area contributed by atoms with Crippen LogP contribution in [0.2, 0.25) is 0 Å². The first-order valence-corrected chi connectivity index (χ1v) is 5.51. The molecule has 0 saturated carbocycles. The van der Waals surface area contributed by atoms with Crippen LogP contribution in [0.5, 0.6) is 0 Å². The first-order valence-electron chi connectivity index (χ1n) is 4.69. The normalized spacial score (nSPS) is 9.44. The highest BCUT2D eigenvalue weighted by Gasteiger charge is 2.14. The zero-order valence-electron chi connectivity index (χ0n) is 8.91. The van der Waals surface area contributed by atoms with Gasteiger partial charge in [-0.25, -0.2) is 0 Å². The van der Waals surface area contributed by atoms with E-state index in [1.807, 2.05) is 12.1 Å². The summed E-state index contributed by atoms with van der Waals surface area (Å²) in [7, 11) is 1.64. The van der Waals surface area contributed by atoms with E-state index in [-0.39, 0.29) is 5.69 Å². The lowest BCUT2D eigenvalue weighted by molar-refractivity contribution is 0.198. The lowest BCUT2D eigenvalue weighted by Gasteiger charge is -2.03. The molecule has 0 aromatic carbocycles. The molecule has 0 fully saturated rings. The van der Waals surface area contributed by atoms with Crippen LogP contribution >= 0.6 is 11.3 Å². The molecule has 5 nitrogen and oxygen atoms in total. The predicted molar refractivity (Wildman–Crippen MR) is 63.1 cm³/mol. The third kappa shape index (κ3) is 2.63. The standard InChI is InChI=1S/C10H12N4OS/c1-15-4-2-3-14-10-7(5-11)9(13)8(6-12)16-10/h14H,2-4,13H2,1H3. The molecule has 0 aliphatic rings. The Morgan fingerprint density at radius 1 is 1.44 bits per heavy atom. The first kappa shape index (κ1) is 12.3. The molecule has 0 bridgehead atoms. The van der Waals surface area contributed by atoms with Crippen molar-refractivity contribution in [3.8, 4) is 12.1 Å². The number of nitrogen functional groups attached to an aromatic ring is 1. The topological polar surface area (TPSA) is 94.9 Å². The Balaban J connectivity index is 2.74. The van der Waals surface area contributed by atoms with E-state index in [0.29, 0.717) is 28.6 Å². The summed E-state index contributed by atoms with van der Waals surface area (Å²) in [4.78, 5) is 0.380. The fourth-order valence-corrected chi connectivity index (χ4v) is 2.07. The molecule has 0 saturated heterocycles. The number of nitriles is 2. The Bertz CT molecular complexity index is 441. The smallest absolute Gasteiger partial charge is 0.131 e. The van der Waals surface area contributed by atoms with E-state index < -0.39 is 0 Å². The van der Waals surface area contributed by atoms with E-state index in [2.05, 4.69) is 5.32 Å². The van der Waals surface area contributed by atoms with Crippen LogP contribution in [0.15, 0.2) is 0 Å². The van der Waals surface area contributed by atoms with E-state index in [1.165, 1.54) is 11.3 Å². The minimum atomic E-state index is 0.268. The highest BCUT2D eigenvalue weighted by molar-refractivity contribution is 7.17. The molecule has 0 amide bonds. The summed E-state index contributed by atoms with van der Waals surface area (Å²) in [6.45, 7) is 1.34. The summed E-state index contributed by atoms with van der Waals surface area (Å²) in [5, 5.41) is 21.4. The zero-order chi connectivity index (χ0) is 12.0. The predicted octanol–water partition coefficient (Wildman–Crippen LogP) is 1.52. The van der Waals surface area contributed by atoms with Crippen LogP contribution in [-0.2, 0) is 4.74 Å². The molecular weight excluding hydrogens is 224 g/mol. The van der Waals surface area contributed by atoms with Crippen LogP contribution in [0, 0.1) is 22.7 Å². The van der Waals surface area contributed by atoms with Gasteiger partial charge in [0.2, 0.25) is 0 Å². The molecule has 1 heterocycles. The summed E-state index contributed by atoms with van der Waals surface area (Å²) in [5.74, 6) is 0. The largest absolute Gasteiger partial charge is 0.396 e. The van der Waals surface area contributed by atoms with Crippen molar-refractivity contribution in [3.63, 3.8) is 0 Å². The molecule has 0 unspecified atom stereocenters. The molecular formula is C10H12N4OS. The zero-order valence-corrected chi connectivity index (χ0v) is 9.73. The van der Waals surface area contributed by atoms with Crippen LogP contribution in [0.4, 0.5) is 10.7 Å². The van der Waals surface area contributed by atoms with Gasteiger partial charge in [0.1, 0.15) is 27.6 Å². The molecule has 0 radical (unpaired) electrons. The highest BCUT2D eigenvalue weighted by atomic mass is 32.1. The monoisotopic (exact) mass is 236 g/mol. The Hall–Kier alpha value is -1.76. The van der Waals surface area contributed by atoms with Crippen LogP contribution in [-0.4, -0.2) is 20.3 Å². The van der Waals surface area contributed by atoms with Gasteiger partial charge in [-0.15, -0.1) is 11.3 Å². The minimum absolute atomic E-state index is 0.268. The van der Waals surface area contributed by atoms with Crippen LogP contribution in [0.1, 0.15) is 16.9 Å². The van der Waals surface area contributed by atoms with Gasteiger partial charge in [-0.1, -0.05) is 0 Å². The molecule has 1 aromatic rings. The van der Waals surface area contributed by atoms with Gasteiger partial charge in [0.15, 0.2) is 0 Å². The van der Waals surface area contributed by atoms with Gasteiger partial charge in [0.05, 0.1) is 5.69 Å². The second-order valence-corrected chi connectivity index (χ2v) is 4.07. The van der Waals surface area contributed by atoms with Gasteiger partial charge < -0.3 is 15.8 Å². The maximum Gasteiger partial charge on any atom is 0.131 e. The second kappa shape index (κ2) is 5.96. The average molecular weight is 236 g/mol. The van der Waals surface area contributed by atoms with Gasteiger partial charge in [-0.05, 0) is 6.42 Å². The maximum absolute atomic E-state index is 8.91. The Morgan fingerprint density at radius 3 is 2.75 bits per heavy atom. The molecule has 3 N–H and O–H groups in total. The van der Waals surface area contributed by atoms with Crippen LogP contribution in [0.3, 0.4) is 0 Å². The Labute approximate surface area is 98.0 Å². The Morgan fingerprint density at radius 2 is 2.19 bits per heavy atom. The van der Waals surface area contributed by atoms with Gasteiger partial charge >= 0.3 is 0 Å². The number of nitrogens with two attached hydrogens (primary N) is 1. The summed E-state index contributed by atoms with van der Waals surface area (Å²) in [6.07, 6.45) is 0.834. The number of ether oxygens (including phenoxy) is 1. The van der Waals surface area contributed by atoms with E-state index in [1.54, 1.807) is 7.11 Å². The van der Waals surface area contributed by atoms with E-state index in [9.17, 15) is 0 Å². The third-order valence-electron chi connectivity index (χ3n) is 1.97. The lowest BCUT2D eigenvalue weighted by atomic mass is 10.2. The number of hydrogen-bond acceptors (Lipinski definition) is 6. The van der Waals surface area contributed by atoms with Crippen molar-refractivity contribution in [3.05, 3.63) is 10.4 Å². The number of nitrogens with one attached hydrogen (secondary N) is 1. The summed E-state index contributed by atoms with van der Waals surface area (Å²) in [6, 6.07) is 3.97. The fourth-order valence-electron chi connectivity index (χ4n) is 1.18. The van der Waals surface area contributed by atoms with Crippen molar-refractivity contribution in [2.24, 2.45) is 0 Å². The maximum atomic E-state index is 8.91. The van der Waals surface area contributed by atoms with Gasteiger partial charge in [0, 0.05) is 20.3 Å². The average Bonchev–Trinajstić information content (AvgIpc) is 2.60. The van der Waals surface area contributed by atoms with Crippen molar-refractivity contribution in [2.45, 2.75) is 6.42 Å². The summed E-state index contributed by atoms with van der Waals surface area (Å²) in [5.41, 5.74) is 6.28.